The van der Waals surface area contributed by atoms with Gasteiger partial charge in [-0.2, -0.15) is 0 Å². The second kappa shape index (κ2) is 5.13. The Morgan fingerprint density at radius 2 is 2.05 bits per heavy atom. The molecule has 1 aliphatic heterocycles. The molecule has 1 saturated heterocycles. The third-order valence-corrected chi connectivity index (χ3v) is 4.05. The summed E-state index contributed by atoms with van der Waals surface area (Å²) >= 11 is 1.29. The summed E-state index contributed by atoms with van der Waals surface area (Å²) in [4.78, 5) is 40.0. The minimum Gasteiger partial charge on any atom is -0.399 e. The Balaban J connectivity index is 1.71. The molecule has 0 radical (unpaired) electrons. The van der Waals surface area contributed by atoms with Crippen molar-refractivity contribution in [1.82, 2.24) is 9.88 Å². The van der Waals surface area contributed by atoms with Crippen LogP contribution >= 0.6 is 11.3 Å². The van der Waals surface area contributed by atoms with E-state index in [0.717, 1.165) is 15.1 Å². The number of nitrogens with zero attached hydrogens (tertiary/aromatic N) is 2. The van der Waals surface area contributed by atoms with Crippen molar-refractivity contribution in [2.24, 2.45) is 0 Å². The number of thiazole rings is 1. The Labute approximate surface area is 123 Å². The van der Waals surface area contributed by atoms with Gasteiger partial charge >= 0.3 is 0 Å². The fourth-order valence-electron chi connectivity index (χ4n) is 2.10. The van der Waals surface area contributed by atoms with Crippen LogP contribution in [0.1, 0.15) is 12.8 Å². The van der Waals surface area contributed by atoms with E-state index in [4.69, 9.17) is 5.73 Å². The second-order valence-electron chi connectivity index (χ2n) is 4.67. The Kier molecular flexibility index (Phi) is 3.30. The number of nitrogen functional groups attached to an aromatic ring is 1. The highest BCUT2D eigenvalue weighted by Crippen LogP contribution is 2.27. The number of rotatable bonds is 3. The van der Waals surface area contributed by atoms with Gasteiger partial charge in [-0.15, -0.1) is 0 Å². The van der Waals surface area contributed by atoms with Gasteiger partial charge in [0.05, 0.1) is 10.2 Å². The van der Waals surface area contributed by atoms with Crippen molar-refractivity contribution < 1.29 is 14.4 Å². The summed E-state index contributed by atoms with van der Waals surface area (Å²) in [5.74, 6) is -1.06. The Morgan fingerprint density at radius 3 is 2.76 bits per heavy atom. The summed E-state index contributed by atoms with van der Waals surface area (Å²) in [5.41, 5.74) is 7.04. The van der Waals surface area contributed by atoms with Gasteiger partial charge in [0.25, 0.3) is 0 Å². The van der Waals surface area contributed by atoms with Gasteiger partial charge in [-0.3, -0.25) is 19.3 Å². The van der Waals surface area contributed by atoms with Crippen molar-refractivity contribution in [3.63, 3.8) is 0 Å². The highest BCUT2D eigenvalue weighted by molar-refractivity contribution is 7.22. The van der Waals surface area contributed by atoms with Gasteiger partial charge < -0.3 is 11.1 Å². The third kappa shape index (κ3) is 2.70. The molecule has 7 nitrogen and oxygen atoms in total. The second-order valence-corrected chi connectivity index (χ2v) is 5.70. The molecule has 3 rings (SSSR count). The summed E-state index contributed by atoms with van der Waals surface area (Å²) in [6, 6.07) is 5.27. The van der Waals surface area contributed by atoms with E-state index in [2.05, 4.69) is 10.3 Å². The normalized spacial score (nSPS) is 15.0. The van der Waals surface area contributed by atoms with Crippen molar-refractivity contribution in [3.8, 4) is 0 Å². The molecule has 1 fully saturated rings. The van der Waals surface area contributed by atoms with Crippen LogP contribution in [0.5, 0.6) is 0 Å². The topological polar surface area (TPSA) is 105 Å². The highest BCUT2D eigenvalue weighted by Gasteiger charge is 2.30. The van der Waals surface area contributed by atoms with E-state index in [1.54, 1.807) is 18.2 Å². The van der Waals surface area contributed by atoms with E-state index in [9.17, 15) is 14.4 Å². The molecule has 0 aliphatic carbocycles. The van der Waals surface area contributed by atoms with Gasteiger partial charge in [0.15, 0.2) is 5.13 Å². The van der Waals surface area contributed by atoms with Gasteiger partial charge in [0, 0.05) is 18.5 Å². The SMILES string of the molecule is Nc1ccc2nc(NC(=O)CN3C(=O)CCC3=O)sc2c1. The maximum absolute atomic E-state index is 11.9. The maximum atomic E-state index is 11.9. The average Bonchev–Trinajstić information content (AvgIpc) is 2.95. The molecule has 1 aromatic carbocycles. The minimum atomic E-state index is -0.439. The highest BCUT2D eigenvalue weighted by atomic mass is 32.1. The number of benzene rings is 1. The number of carbonyl (C=O) groups is 3. The molecular formula is C13H12N4O3S. The van der Waals surface area contributed by atoms with E-state index < -0.39 is 5.91 Å². The maximum Gasteiger partial charge on any atom is 0.246 e. The van der Waals surface area contributed by atoms with Crippen molar-refractivity contribution in [2.45, 2.75) is 12.8 Å². The van der Waals surface area contributed by atoms with Crippen LogP contribution in [0.25, 0.3) is 10.2 Å². The summed E-state index contributed by atoms with van der Waals surface area (Å²) in [5, 5.41) is 3.02. The number of anilines is 2. The summed E-state index contributed by atoms with van der Waals surface area (Å²) in [6.07, 6.45) is 0.346. The van der Waals surface area contributed by atoms with Crippen LogP contribution < -0.4 is 11.1 Å². The number of hydrogen-bond donors (Lipinski definition) is 2. The standard InChI is InChI=1S/C13H12N4O3S/c14-7-1-2-8-9(5-7)21-13(15-8)16-10(18)6-17-11(19)3-4-12(17)20/h1-2,5H,3-4,6,14H2,(H,15,16,18). The van der Waals surface area contributed by atoms with E-state index in [0.29, 0.717) is 10.8 Å². The molecule has 0 saturated carbocycles. The number of nitrogens with one attached hydrogen (secondary N) is 1. The Morgan fingerprint density at radius 1 is 1.33 bits per heavy atom. The zero-order valence-electron chi connectivity index (χ0n) is 11.0. The van der Waals surface area contributed by atoms with E-state index >= 15 is 0 Å². The molecule has 2 heterocycles. The van der Waals surface area contributed by atoms with Crippen LogP contribution in [0.4, 0.5) is 10.8 Å². The number of hydrogen-bond acceptors (Lipinski definition) is 6. The smallest absolute Gasteiger partial charge is 0.246 e. The molecule has 1 aliphatic rings. The molecule has 108 valence electrons. The molecule has 0 bridgehead atoms. The van der Waals surface area contributed by atoms with Crippen LogP contribution in [0.3, 0.4) is 0 Å². The fourth-order valence-corrected chi connectivity index (χ4v) is 3.03. The van der Waals surface area contributed by atoms with Gasteiger partial charge in [-0.05, 0) is 18.2 Å². The lowest BCUT2D eigenvalue weighted by Crippen LogP contribution is -2.36. The van der Waals surface area contributed by atoms with E-state index in [1.165, 1.54) is 11.3 Å². The largest absolute Gasteiger partial charge is 0.399 e. The van der Waals surface area contributed by atoms with Crippen LogP contribution in [0.15, 0.2) is 18.2 Å². The molecule has 3 N–H and O–H groups in total. The number of likely N-dealkylation sites (tertiary alicyclic amines) is 1. The minimum absolute atomic E-state index is 0.173. The van der Waals surface area contributed by atoms with Gasteiger partial charge in [0.2, 0.25) is 17.7 Å². The number of fused-ring (bicyclic) bond motifs is 1. The fraction of sp³-hybridized carbons (Fsp3) is 0.231. The Bertz CT molecular complexity index is 739. The van der Waals surface area contributed by atoms with Crippen LogP contribution in [0, 0.1) is 0 Å². The zero-order valence-corrected chi connectivity index (χ0v) is 11.8. The average molecular weight is 304 g/mol. The van der Waals surface area contributed by atoms with E-state index in [-0.39, 0.29) is 31.2 Å². The first-order chi connectivity index (χ1) is 10.0. The lowest BCUT2D eigenvalue weighted by Gasteiger charge is -2.12. The number of nitrogens with two attached hydrogens (primary N) is 1. The molecule has 21 heavy (non-hydrogen) atoms. The van der Waals surface area contributed by atoms with Crippen LogP contribution in [0.2, 0.25) is 0 Å². The first-order valence-electron chi connectivity index (χ1n) is 6.32. The van der Waals surface area contributed by atoms with E-state index in [1.807, 2.05) is 0 Å². The Hall–Kier alpha value is -2.48. The molecule has 3 amide bonds. The summed E-state index contributed by atoms with van der Waals surface area (Å²) in [6.45, 7) is -0.268. The van der Waals surface area contributed by atoms with Crippen LogP contribution in [-0.2, 0) is 14.4 Å². The lowest BCUT2D eigenvalue weighted by atomic mass is 10.3. The van der Waals surface area contributed by atoms with Crippen molar-refractivity contribution in [3.05, 3.63) is 18.2 Å². The molecule has 0 spiro atoms. The molecule has 2 aromatic rings. The van der Waals surface area contributed by atoms with Gasteiger partial charge in [0.1, 0.15) is 6.54 Å². The molecule has 8 heteroatoms. The molecule has 0 unspecified atom stereocenters. The number of imide groups is 1. The predicted molar refractivity (Wildman–Crippen MR) is 78.6 cm³/mol. The van der Waals surface area contributed by atoms with Gasteiger partial charge in [-0.1, -0.05) is 11.3 Å². The van der Waals surface area contributed by atoms with Crippen molar-refractivity contribution in [2.75, 3.05) is 17.6 Å². The molecule has 0 atom stereocenters. The zero-order chi connectivity index (χ0) is 15.0. The first-order valence-corrected chi connectivity index (χ1v) is 7.14. The molecule has 1 aromatic heterocycles. The number of amides is 3. The lowest BCUT2D eigenvalue weighted by molar-refractivity contribution is -0.141. The predicted octanol–water partition coefficient (Wildman–Crippen LogP) is 0.966. The number of aromatic nitrogens is 1. The monoisotopic (exact) mass is 304 g/mol. The van der Waals surface area contributed by atoms with Crippen molar-refractivity contribution >= 4 is 50.1 Å². The number of carbonyl (C=O) groups excluding carboxylic acids is 3. The van der Waals surface area contributed by atoms with Gasteiger partial charge in [-0.25, -0.2) is 4.98 Å². The van der Waals surface area contributed by atoms with Crippen molar-refractivity contribution in [1.29, 1.82) is 0 Å². The third-order valence-electron chi connectivity index (χ3n) is 3.12. The summed E-state index contributed by atoms with van der Waals surface area (Å²) in [7, 11) is 0. The summed E-state index contributed by atoms with van der Waals surface area (Å²) < 4.78 is 0.860. The first kappa shape index (κ1) is 13.5. The van der Waals surface area contributed by atoms with Crippen LogP contribution in [-0.4, -0.2) is 34.2 Å². The quantitative estimate of drug-likeness (QED) is 0.649. The molecular weight excluding hydrogens is 292 g/mol.